The molecule has 0 aromatic heterocycles. The molecule has 0 aliphatic heterocycles. The number of phenolic OH excluding ortho intramolecular Hbond substituents is 1. The van der Waals surface area contributed by atoms with Crippen LogP contribution >= 0.6 is 0 Å². The Balaban J connectivity index is 0.000000500. The Morgan fingerprint density at radius 1 is 1.21 bits per heavy atom. The molecule has 0 heterocycles. The van der Waals surface area contributed by atoms with Crippen molar-refractivity contribution in [2.75, 3.05) is 0 Å². The van der Waals surface area contributed by atoms with Crippen LogP contribution in [0.1, 0.15) is 52.0 Å². The fourth-order valence-corrected chi connectivity index (χ4v) is 1.07. The average Bonchev–Trinajstić information content (AvgIpc) is 2.18. The van der Waals surface area contributed by atoms with Gasteiger partial charge in [-0.3, -0.25) is 0 Å². The van der Waals surface area contributed by atoms with Gasteiger partial charge in [-0.05, 0) is 30.0 Å². The SMILES string of the molecule is CCC.CCC(C)c1cccc(O)c1. The van der Waals surface area contributed by atoms with E-state index in [0.717, 1.165) is 6.42 Å². The van der Waals surface area contributed by atoms with Crippen LogP contribution in [0.3, 0.4) is 0 Å². The van der Waals surface area contributed by atoms with E-state index >= 15 is 0 Å². The topological polar surface area (TPSA) is 20.2 Å². The second kappa shape index (κ2) is 7.43. The molecule has 14 heavy (non-hydrogen) atoms. The maximum atomic E-state index is 9.16. The molecular formula is C13H22O. The Morgan fingerprint density at radius 2 is 1.79 bits per heavy atom. The Morgan fingerprint density at radius 3 is 2.21 bits per heavy atom. The van der Waals surface area contributed by atoms with Crippen molar-refractivity contribution in [1.82, 2.24) is 0 Å². The summed E-state index contributed by atoms with van der Waals surface area (Å²) >= 11 is 0. The standard InChI is InChI=1S/C10H14O.C3H8/c1-3-8(2)9-5-4-6-10(11)7-9;1-3-2/h4-8,11H,3H2,1-2H3;3H2,1-2H3. The minimum absolute atomic E-state index is 0.364. The predicted octanol–water partition coefficient (Wildman–Crippen LogP) is 4.32. The smallest absolute Gasteiger partial charge is 0.115 e. The lowest BCUT2D eigenvalue weighted by atomic mass is 9.99. The first-order chi connectivity index (χ1) is 6.65. The van der Waals surface area contributed by atoms with Crippen LogP contribution in [0.4, 0.5) is 0 Å². The Labute approximate surface area is 87.8 Å². The van der Waals surface area contributed by atoms with Gasteiger partial charge in [0.2, 0.25) is 0 Å². The molecule has 0 spiro atoms. The molecule has 1 nitrogen and oxygen atoms in total. The van der Waals surface area contributed by atoms with E-state index in [1.54, 1.807) is 6.07 Å². The quantitative estimate of drug-likeness (QED) is 0.743. The van der Waals surface area contributed by atoms with Crippen LogP contribution in [0.15, 0.2) is 24.3 Å². The van der Waals surface area contributed by atoms with Crippen molar-refractivity contribution >= 4 is 0 Å². The molecule has 0 saturated carbocycles. The van der Waals surface area contributed by atoms with Gasteiger partial charge in [0.15, 0.2) is 0 Å². The van der Waals surface area contributed by atoms with Gasteiger partial charge in [0, 0.05) is 0 Å². The number of aromatic hydroxyl groups is 1. The fraction of sp³-hybridized carbons (Fsp3) is 0.538. The molecular weight excluding hydrogens is 172 g/mol. The lowest BCUT2D eigenvalue weighted by molar-refractivity contribution is 0.473. The minimum atomic E-state index is 0.364. The maximum absolute atomic E-state index is 9.16. The highest BCUT2D eigenvalue weighted by molar-refractivity contribution is 5.29. The molecule has 0 aliphatic rings. The van der Waals surface area contributed by atoms with Gasteiger partial charge in [0.05, 0.1) is 0 Å². The Bertz CT molecular complexity index is 243. The molecule has 0 saturated heterocycles. The van der Waals surface area contributed by atoms with Crippen molar-refractivity contribution in [3.63, 3.8) is 0 Å². The fourth-order valence-electron chi connectivity index (χ4n) is 1.07. The van der Waals surface area contributed by atoms with Crippen LogP contribution in [-0.2, 0) is 0 Å². The monoisotopic (exact) mass is 194 g/mol. The number of hydrogen-bond donors (Lipinski definition) is 1. The van der Waals surface area contributed by atoms with Gasteiger partial charge in [-0.25, -0.2) is 0 Å². The van der Waals surface area contributed by atoms with Crippen LogP contribution in [0.25, 0.3) is 0 Å². The molecule has 1 unspecified atom stereocenters. The van der Waals surface area contributed by atoms with Gasteiger partial charge in [-0.15, -0.1) is 0 Å². The van der Waals surface area contributed by atoms with E-state index in [2.05, 4.69) is 27.7 Å². The zero-order valence-electron chi connectivity index (χ0n) is 9.75. The lowest BCUT2D eigenvalue weighted by Crippen LogP contribution is -1.89. The van der Waals surface area contributed by atoms with Crippen LogP contribution in [0.2, 0.25) is 0 Å². The Hall–Kier alpha value is -0.980. The first-order valence-corrected chi connectivity index (χ1v) is 5.44. The van der Waals surface area contributed by atoms with Gasteiger partial charge >= 0.3 is 0 Å². The second-order valence-electron chi connectivity index (χ2n) is 3.61. The highest BCUT2D eigenvalue weighted by Gasteiger charge is 2.01. The molecule has 1 N–H and O–H groups in total. The van der Waals surface area contributed by atoms with Crippen LogP contribution in [-0.4, -0.2) is 5.11 Å². The summed E-state index contributed by atoms with van der Waals surface area (Å²) in [6.07, 6.45) is 2.36. The number of hydrogen-bond acceptors (Lipinski definition) is 1. The van der Waals surface area contributed by atoms with E-state index < -0.39 is 0 Å². The van der Waals surface area contributed by atoms with E-state index in [4.69, 9.17) is 5.11 Å². The van der Waals surface area contributed by atoms with Crippen LogP contribution < -0.4 is 0 Å². The third-order valence-electron chi connectivity index (χ3n) is 2.05. The highest BCUT2D eigenvalue weighted by Crippen LogP contribution is 2.21. The molecule has 0 radical (unpaired) electrons. The zero-order valence-corrected chi connectivity index (χ0v) is 9.75. The molecule has 1 rings (SSSR count). The zero-order chi connectivity index (χ0) is 11.0. The summed E-state index contributed by atoms with van der Waals surface area (Å²) < 4.78 is 0. The van der Waals surface area contributed by atoms with Gasteiger partial charge in [0.25, 0.3) is 0 Å². The summed E-state index contributed by atoms with van der Waals surface area (Å²) in [6, 6.07) is 7.46. The summed E-state index contributed by atoms with van der Waals surface area (Å²) in [4.78, 5) is 0. The molecule has 0 aliphatic carbocycles. The van der Waals surface area contributed by atoms with E-state index in [1.807, 2.05) is 18.2 Å². The van der Waals surface area contributed by atoms with Crippen molar-refractivity contribution in [2.45, 2.75) is 46.5 Å². The van der Waals surface area contributed by atoms with Crippen molar-refractivity contribution in [2.24, 2.45) is 0 Å². The third-order valence-corrected chi connectivity index (χ3v) is 2.05. The summed E-state index contributed by atoms with van der Waals surface area (Å²) in [6.45, 7) is 8.56. The van der Waals surface area contributed by atoms with Crippen molar-refractivity contribution in [3.8, 4) is 5.75 Å². The first-order valence-electron chi connectivity index (χ1n) is 5.44. The van der Waals surface area contributed by atoms with Crippen LogP contribution in [0.5, 0.6) is 5.75 Å². The first kappa shape index (κ1) is 13.0. The van der Waals surface area contributed by atoms with E-state index in [9.17, 15) is 0 Å². The van der Waals surface area contributed by atoms with E-state index in [1.165, 1.54) is 12.0 Å². The summed E-state index contributed by atoms with van der Waals surface area (Å²) in [5.41, 5.74) is 1.22. The van der Waals surface area contributed by atoms with Gasteiger partial charge in [-0.2, -0.15) is 0 Å². The molecule has 0 fully saturated rings. The predicted molar refractivity (Wildman–Crippen MR) is 62.8 cm³/mol. The second-order valence-corrected chi connectivity index (χ2v) is 3.61. The van der Waals surface area contributed by atoms with E-state index in [-0.39, 0.29) is 0 Å². The number of phenols is 1. The van der Waals surface area contributed by atoms with Gasteiger partial charge < -0.3 is 5.11 Å². The Kier molecular flexibility index (Phi) is 6.91. The number of benzene rings is 1. The third kappa shape index (κ3) is 4.90. The summed E-state index contributed by atoms with van der Waals surface area (Å²) in [5, 5.41) is 9.16. The van der Waals surface area contributed by atoms with Crippen LogP contribution in [0, 0.1) is 0 Å². The van der Waals surface area contributed by atoms with Crippen molar-refractivity contribution < 1.29 is 5.11 Å². The molecule has 0 amide bonds. The normalized spacial score (nSPS) is 11.4. The van der Waals surface area contributed by atoms with Crippen molar-refractivity contribution in [1.29, 1.82) is 0 Å². The molecule has 80 valence electrons. The minimum Gasteiger partial charge on any atom is -0.508 e. The van der Waals surface area contributed by atoms with Gasteiger partial charge in [-0.1, -0.05) is 46.2 Å². The molecule has 1 aromatic carbocycles. The molecule has 0 bridgehead atoms. The summed E-state index contributed by atoms with van der Waals surface area (Å²) in [5.74, 6) is 0.907. The van der Waals surface area contributed by atoms with Crippen molar-refractivity contribution in [3.05, 3.63) is 29.8 Å². The molecule has 1 heteroatoms. The summed E-state index contributed by atoms with van der Waals surface area (Å²) in [7, 11) is 0. The number of rotatable bonds is 2. The maximum Gasteiger partial charge on any atom is 0.115 e. The molecule has 1 aromatic rings. The average molecular weight is 194 g/mol. The van der Waals surface area contributed by atoms with Gasteiger partial charge in [0.1, 0.15) is 5.75 Å². The highest BCUT2D eigenvalue weighted by atomic mass is 16.3. The van der Waals surface area contributed by atoms with E-state index in [0.29, 0.717) is 11.7 Å². The largest absolute Gasteiger partial charge is 0.508 e. The molecule has 1 atom stereocenters. The lowest BCUT2D eigenvalue weighted by Gasteiger charge is -2.07.